The topological polar surface area (TPSA) is 119 Å². The third kappa shape index (κ3) is 6.32. The molecular weight excluding hydrogens is 459 g/mol. The van der Waals surface area contributed by atoms with Crippen LogP contribution >= 0.6 is 0 Å². The van der Waals surface area contributed by atoms with E-state index in [1.807, 2.05) is 4.90 Å². The number of rotatable bonds is 10. The van der Waals surface area contributed by atoms with Gasteiger partial charge in [0.05, 0.1) is 30.3 Å². The van der Waals surface area contributed by atoms with Gasteiger partial charge in [-0.1, -0.05) is 0 Å². The number of carbonyl (C=O) groups excluding carboxylic acids is 2. The Kier molecular flexibility index (Phi) is 7.29. The van der Waals surface area contributed by atoms with Gasteiger partial charge in [-0.2, -0.15) is 0 Å². The first-order valence-electron chi connectivity index (χ1n) is 11.3. The molecule has 0 aliphatic carbocycles. The van der Waals surface area contributed by atoms with Gasteiger partial charge in [0, 0.05) is 39.2 Å². The number of alkyl halides is 1. The zero-order chi connectivity index (χ0) is 25.0. The number of pyridine rings is 1. The van der Waals surface area contributed by atoms with Crippen LogP contribution in [0.25, 0.3) is 0 Å². The zero-order valence-corrected chi connectivity index (χ0v) is 19.9. The van der Waals surface area contributed by atoms with Crippen molar-refractivity contribution in [3.8, 4) is 11.6 Å². The third-order valence-corrected chi connectivity index (χ3v) is 5.45. The Balaban J connectivity index is 1.27. The minimum absolute atomic E-state index is 0.0321. The van der Waals surface area contributed by atoms with E-state index in [4.69, 9.17) is 14.2 Å². The smallest absolute Gasteiger partial charge is 0.268 e. The lowest BCUT2D eigenvalue weighted by molar-refractivity contribution is -0.125. The molecule has 2 aromatic rings. The monoisotopic (exact) mass is 488 g/mol. The Morgan fingerprint density at radius 2 is 1.94 bits per heavy atom. The van der Waals surface area contributed by atoms with E-state index >= 15 is 0 Å². The molecule has 4 rings (SSSR count). The summed E-state index contributed by atoms with van der Waals surface area (Å²) in [6.45, 7) is 4.46. The van der Waals surface area contributed by atoms with Crippen LogP contribution in [-0.2, 0) is 14.3 Å². The molecule has 2 fully saturated rings. The summed E-state index contributed by atoms with van der Waals surface area (Å²) in [5.74, 6) is 0.901. The van der Waals surface area contributed by atoms with Crippen molar-refractivity contribution >= 4 is 23.5 Å². The summed E-state index contributed by atoms with van der Waals surface area (Å²) < 4.78 is 29.5. The number of nitrogens with zero attached hydrogens (tertiary/aromatic N) is 5. The van der Waals surface area contributed by atoms with E-state index in [1.54, 1.807) is 29.4 Å². The first-order valence-corrected chi connectivity index (χ1v) is 11.3. The summed E-state index contributed by atoms with van der Waals surface area (Å²) in [5, 5.41) is 2.86. The highest BCUT2D eigenvalue weighted by atomic mass is 19.1. The molecule has 0 unspecified atom stereocenters. The lowest BCUT2D eigenvalue weighted by Crippen LogP contribution is -2.60. The highest BCUT2D eigenvalue weighted by Gasteiger charge is 2.35. The van der Waals surface area contributed by atoms with Gasteiger partial charge in [-0.25, -0.2) is 19.3 Å². The van der Waals surface area contributed by atoms with Gasteiger partial charge in [0.2, 0.25) is 17.7 Å². The zero-order valence-electron chi connectivity index (χ0n) is 19.9. The van der Waals surface area contributed by atoms with Gasteiger partial charge in [0.25, 0.3) is 5.91 Å². The van der Waals surface area contributed by atoms with Crippen molar-refractivity contribution in [2.24, 2.45) is 0 Å². The van der Waals surface area contributed by atoms with Gasteiger partial charge in [0.1, 0.15) is 24.6 Å². The van der Waals surface area contributed by atoms with E-state index in [9.17, 15) is 14.0 Å². The third-order valence-electron chi connectivity index (χ3n) is 5.45. The molecule has 1 atom stereocenters. The van der Waals surface area contributed by atoms with Crippen LogP contribution in [0, 0.1) is 0 Å². The maximum Gasteiger partial charge on any atom is 0.268 e. The number of ether oxygens (including phenoxy) is 3. The molecule has 188 valence electrons. The molecule has 0 radical (unpaired) electrons. The Hall–Kier alpha value is -3.54. The number of hydrogen-bond acceptors (Lipinski definition) is 9. The van der Waals surface area contributed by atoms with Crippen molar-refractivity contribution in [3.05, 3.63) is 30.7 Å². The highest BCUT2D eigenvalue weighted by molar-refractivity contribution is 5.98. The molecule has 0 saturated carbocycles. The normalized spacial score (nSPS) is 18.4. The highest BCUT2D eigenvalue weighted by Crippen LogP contribution is 2.26. The quantitative estimate of drug-likeness (QED) is 0.525. The van der Waals surface area contributed by atoms with Gasteiger partial charge >= 0.3 is 0 Å². The van der Waals surface area contributed by atoms with Crippen molar-refractivity contribution < 1.29 is 28.2 Å². The number of carbonyl (C=O) groups is 2. The van der Waals surface area contributed by atoms with Crippen LogP contribution in [0.3, 0.4) is 0 Å². The molecule has 1 N–H and O–H groups in total. The van der Waals surface area contributed by atoms with E-state index in [0.717, 1.165) is 0 Å². The molecule has 2 aliphatic rings. The second-order valence-corrected chi connectivity index (χ2v) is 9.07. The largest absolute Gasteiger partial charge is 0.479 e. The fourth-order valence-electron chi connectivity index (χ4n) is 3.70. The van der Waals surface area contributed by atoms with Crippen molar-refractivity contribution in [1.29, 1.82) is 0 Å². The molecule has 2 aliphatic heterocycles. The van der Waals surface area contributed by atoms with E-state index < -0.39 is 11.8 Å². The van der Waals surface area contributed by atoms with Crippen LogP contribution in [-0.4, -0.2) is 84.5 Å². The van der Waals surface area contributed by atoms with Gasteiger partial charge in [-0.15, -0.1) is 0 Å². The Morgan fingerprint density at radius 1 is 1.20 bits per heavy atom. The summed E-state index contributed by atoms with van der Waals surface area (Å²) >= 11 is 0. The van der Waals surface area contributed by atoms with Crippen LogP contribution in [0.4, 0.5) is 16.0 Å². The SMILES string of the molecule is COCC(=O)NC1CN(c2ncc(N3CC[C@@H](Oc4ccc(OCC(C)(C)F)nc4)C3=O)cn2)C1. The first kappa shape index (κ1) is 24.6. The van der Waals surface area contributed by atoms with Crippen LogP contribution in [0.1, 0.15) is 20.3 Å². The van der Waals surface area contributed by atoms with Crippen LogP contribution in [0.2, 0.25) is 0 Å². The molecule has 2 aromatic heterocycles. The maximum absolute atomic E-state index is 13.6. The van der Waals surface area contributed by atoms with Crippen molar-refractivity contribution in [3.63, 3.8) is 0 Å². The Morgan fingerprint density at radius 3 is 2.57 bits per heavy atom. The lowest BCUT2D eigenvalue weighted by Gasteiger charge is -2.39. The predicted molar refractivity (Wildman–Crippen MR) is 124 cm³/mol. The second kappa shape index (κ2) is 10.4. The fourth-order valence-corrected chi connectivity index (χ4v) is 3.70. The Bertz CT molecular complexity index is 1020. The van der Waals surface area contributed by atoms with E-state index in [2.05, 4.69) is 20.3 Å². The number of methoxy groups -OCH3 is 1. The standard InChI is InChI=1S/C23H29FN6O5/c1-23(2,24)14-34-20-5-4-17(10-25-20)35-18-6-7-30(21(18)32)16-8-26-22(27-9-16)29-11-15(12-29)28-19(31)13-33-3/h4-5,8-10,15,18H,6-7,11-14H2,1-3H3,(H,28,31)/t18-/m1/s1. The number of anilines is 2. The second-order valence-electron chi connectivity index (χ2n) is 9.07. The van der Waals surface area contributed by atoms with Gasteiger partial charge in [-0.3, -0.25) is 9.59 Å². The minimum atomic E-state index is -1.46. The summed E-state index contributed by atoms with van der Waals surface area (Å²) in [5.41, 5.74) is -0.872. The minimum Gasteiger partial charge on any atom is -0.479 e. The van der Waals surface area contributed by atoms with Crippen molar-refractivity contribution in [2.45, 2.75) is 38.1 Å². The predicted octanol–water partition coefficient (Wildman–Crippen LogP) is 1.13. The molecule has 35 heavy (non-hydrogen) atoms. The average Bonchev–Trinajstić information content (AvgIpc) is 3.15. The van der Waals surface area contributed by atoms with Gasteiger partial charge in [-0.05, 0) is 19.9 Å². The molecule has 0 aromatic carbocycles. The molecule has 11 nitrogen and oxygen atoms in total. The van der Waals surface area contributed by atoms with E-state index in [1.165, 1.54) is 27.2 Å². The molecular formula is C23H29FN6O5. The number of halogens is 1. The number of nitrogens with one attached hydrogen (secondary N) is 1. The van der Waals surface area contributed by atoms with Gasteiger partial charge in [0.15, 0.2) is 6.10 Å². The molecule has 2 saturated heterocycles. The van der Waals surface area contributed by atoms with Crippen molar-refractivity contribution in [1.82, 2.24) is 20.3 Å². The summed E-state index contributed by atoms with van der Waals surface area (Å²) in [6.07, 6.45) is 4.52. The average molecular weight is 489 g/mol. The fraction of sp³-hybridized carbons (Fsp3) is 0.522. The number of hydrogen-bond donors (Lipinski definition) is 1. The van der Waals surface area contributed by atoms with E-state index in [-0.39, 0.29) is 36.9 Å². The van der Waals surface area contributed by atoms with Crippen LogP contribution in [0.15, 0.2) is 30.7 Å². The number of aromatic nitrogens is 3. The molecule has 0 spiro atoms. The summed E-state index contributed by atoms with van der Waals surface area (Å²) in [4.78, 5) is 40.8. The van der Waals surface area contributed by atoms with Gasteiger partial charge < -0.3 is 29.3 Å². The Labute approximate surface area is 202 Å². The van der Waals surface area contributed by atoms with Crippen molar-refractivity contribution in [2.75, 3.05) is 49.8 Å². The molecule has 4 heterocycles. The van der Waals surface area contributed by atoms with Crippen LogP contribution in [0.5, 0.6) is 11.6 Å². The first-order chi connectivity index (χ1) is 16.7. The molecule has 0 bridgehead atoms. The maximum atomic E-state index is 13.6. The molecule has 12 heteroatoms. The summed E-state index contributed by atoms with van der Waals surface area (Å²) in [6, 6.07) is 3.25. The lowest BCUT2D eigenvalue weighted by atomic mass is 10.1. The number of amides is 2. The molecule has 2 amide bonds. The summed E-state index contributed by atoms with van der Waals surface area (Å²) in [7, 11) is 1.48. The van der Waals surface area contributed by atoms with Crippen LogP contribution < -0.4 is 24.6 Å². The van der Waals surface area contributed by atoms with E-state index in [0.29, 0.717) is 43.4 Å².